The molecule has 3 heterocycles. The SMILES string of the molecule is c1ccc(-c2nc(-c3ccccc3)nc(-c3cccc4oc5ccc(-c6ccc7c(c6)c6cc(-c8ccc9c(c8)C8(c%10ccccc%10-c%10ccccc%108)c8ccccc8-9)ccc6n7-c6ccccc6)cc5c34)n2)cc1. The van der Waals surface area contributed by atoms with Crippen molar-refractivity contribution in [1.82, 2.24) is 19.5 Å². The maximum atomic E-state index is 6.61. The number of aromatic nitrogens is 4. The maximum Gasteiger partial charge on any atom is 0.164 e. The van der Waals surface area contributed by atoms with Crippen LogP contribution in [0.2, 0.25) is 0 Å². The van der Waals surface area contributed by atoms with Crippen LogP contribution in [0.25, 0.3) is 128 Å². The van der Waals surface area contributed by atoms with Gasteiger partial charge in [-0.2, -0.15) is 0 Å². The van der Waals surface area contributed by atoms with Gasteiger partial charge in [0.05, 0.1) is 16.4 Å². The summed E-state index contributed by atoms with van der Waals surface area (Å²) in [7, 11) is 0. The van der Waals surface area contributed by atoms with Crippen LogP contribution in [-0.2, 0) is 5.41 Å². The van der Waals surface area contributed by atoms with Crippen LogP contribution in [0.1, 0.15) is 22.3 Å². The molecule has 14 aromatic rings. The van der Waals surface area contributed by atoms with E-state index < -0.39 is 5.41 Å². The first kappa shape index (κ1) is 41.6. The number of nitrogens with zero attached hydrogens (tertiary/aromatic N) is 4. The molecule has 0 amide bonds. The van der Waals surface area contributed by atoms with Crippen molar-refractivity contribution < 1.29 is 4.42 Å². The molecule has 3 aromatic heterocycles. The molecule has 11 aromatic carbocycles. The van der Waals surface area contributed by atoms with Crippen molar-refractivity contribution in [3.05, 3.63) is 277 Å². The number of para-hydroxylation sites is 1. The Bertz CT molecular complexity index is 4530. The number of fused-ring (bicyclic) bond motifs is 16. The van der Waals surface area contributed by atoms with E-state index in [0.717, 1.165) is 66.5 Å². The minimum Gasteiger partial charge on any atom is -0.456 e. The third kappa shape index (κ3) is 6.10. The fourth-order valence-corrected chi connectivity index (χ4v) is 12.6. The highest BCUT2D eigenvalue weighted by Crippen LogP contribution is 2.63. The lowest BCUT2D eigenvalue weighted by Crippen LogP contribution is -2.25. The third-order valence-corrected chi connectivity index (χ3v) is 15.9. The predicted octanol–water partition coefficient (Wildman–Crippen LogP) is 17.5. The Balaban J connectivity index is 0.866. The molecule has 2 aliphatic carbocycles. The number of hydrogen-bond donors (Lipinski definition) is 0. The summed E-state index contributed by atoms with van der Waals surface area (Å²) in [5.74, 6) is 1.83. The van der Waals surface area contributed by atoms with Crippen molar-refractivity contribution in [2.45, 2.75) is 5.41 Å². The largest absolute Gasteiger partial charge is 0.456 e. The van der Waals surface area contributed by atoms with Crippen LogP contribution >= 0.6 is 0 Å². The summed E-state index contributed by atoms with van der Waals surface area (Å²) in [5.41, 5.74) is 22.5. The smallest absolute Gasteiger partial charge is 0.164 e. The molecule has 0 aliphatic heterocycles. The Hall–Kier alpha value is -9.97. The topological polar surface area (TPSA) is 56.7 Å². The minimum absolute atomic E-state index is 0.416. The number of benzene rings is 11. The highest BCUT2D eigenvalue weighted by molar-refractivity contribution is 6.14. The van der Waals surface area contributed by atoms with E-state index in [4.69, 9.17) is 19.4 Å². The van der Waals surface area contributed by atoms with Crippen LogP contribution in [0.15, 0.2) is 259 Å². The van der Waals surface area contributed by atoms with Crippen LogP contribution in [0, 0.1) is 0 Å². The second-order valence-corrected chi connectivity index (χ2v) is 19.8. The molecule has 0 radical (unpaired) electrons. The van der Waals surface area contributed by atoms with Gasteiger partial charge >= 0.3 is 0 Å². The van der Waals surface area contributed by atoms with Gasteiger partial charge in [0, 0.05) is 43.9 Å². The van der Waals surface area contributed by atoms with E-state index >= 15 is 0 Å². The van der Waals surface area contributed by atoms with E-state index in [1.807, 2.05) is 72.8 Å². The first-order chi connectivity index (χ1) is 37.2. The monoisotopic (exact) mass is 954 g/mol. The van der Waals surface area contributed by atoms with Gasteiger partial charge in [-0.15, -0.1) is 0 Å². The summed E-state index contributed by atoms with van der Waals surface area (Å²) in [6.07, 6.45) is 0. The first-order valence-corrected chi connectivity index (χ1v) is 25.6. The summed E-state index contributed by atoms with van der Waals surface area (Å²) in [5, 5.41) is 4.34. The molecule has 0 N–H and O–H groups in total. The fraction of sp³-hybridized carbons (Fsp3) is 0.0143. The highest BCUT2D eigenvalue weighted by Gasteiger charge is 2.51. The van der Waals surface area contributed by atoms with E-state index in [1.165, 1.54) is 66.4 Å². The predicted molar refractivity (Wildman–Crippen MR) is 305 cm³/mol. The van der Waals surface area contributed by atoms with E-state index in [1.54, 1.807) is 0 Å². The molecule has 0 saturated carbocycles. The molecule has 5 heteroatoms. The van der Waals surface area contributed by atoms with Crippen molar-refractivity contribution in [2.24, 2.45) is 0 Å². The molecule has 0 atom stereocenters. The first-order valence-electron chi connectivity index (χ1n) is 25.6. The minimum atomic E-state index is -0.416. The number of rotatable bonds is 6. The van der Waals surface area contributed by atoms with Gasteiger partial charge in [-0.1, -0.05) is 194 Å². The van der Waals surface area contributed by atoms with Crippen molar-refractivity contribution in [3.8, 4) is 84.4 Å². The van der Waals surface area contributed by atoms with E-state index in [2.05, 4.69) is 187 Å². The average molecular weight is 955 g/mol. The van der Waals surface area contributed by atoms with Gasteiger partial charge in [0.25, 0.3) is 0 Å². The molecule has 0 saturated heterocycles. The van der Waals surface area contributed by atoms with Crippen molar-refractivity contribution in [2.75, 3.05) is 0 Å². The van der Waals surface area contributed by atoms with Gasteiger partial charge in [0.2, 0.25) is 0 Å². The van der Waals surface area contributed by atoms with Crippen LogP contribution in [0.4, 0.5) is 0 Å². The van der Waals surface area contributed by atoms with Crippen molar-refractivity contribution in [1.29, 1.82) is 0 Å². The van der Waals surface area contributed by atoms with E-state index in [0.29, 0.717) is 17.5 Å². The Morgan fingerprint density at radius 2 is 0.733 bits per heavy atom. The summed E-state index contributed by atoms with van der Waals surface area (Å²) in [4.78, 5) is 15.2. The highest BCUT2D eigenvalue weighted by atomic mass is 16.3. The summed E-state index contributed by atoms with van der Waals surface area (Å²) in [6, 6.07) is 91.8. The lowest BCUT2D eigenvalue weighted by Gasteiger charge is -2.30. The van der Waals surface area contributed by atoms with Gasteiger partial charge in [0.15, 0.2) is 17.5 Å². The van der Waals surface area contributed by atoms with Crippen molar-refractivity contribution in [3.63, 3.8) is 0 Å². The standard InChI is InChI=1S/C70H42N4O/c1-4-17-43(18-5-1)67-71-68(44-19-6-2-7-20-44)73-69(72-67)54-26-16-30-65-66(54)57-41-47(34-38-64(57)75-65)45-32-36-62-55(39-45)56-40-46(33-37-63(56)74(62)49-21-8-3-9-22-49)48-31-35-53-52-25-12-15-29-60(52)70(61(53)42-48)58-27-13-10-23-50(58)51-24-11-14-28-59(51)70/h1-42H. The van der Waals surface area contributed by atoms with Crippen molar-refractivity contribution >= 4 is 43.7 Å². The van der Waals surface area contributed by atoms with Crippen LogP contribution in [-0.4, -0.2) is 19.5 Å². The summed E-state index contributed by atoms with van der Waals surface area (Å²) in [6.45, 7) is 0. The number of hydrogen-bond acceptors (Lipinski definition) is 4. The van der Waals surface area contributed by atoms with Gasteiger partial charge in [-0.05, 0) is 127 Å². The quantitative estimate of drug-likeness (QED) is 0.167. The normalized spacial score (nSPS) is 12.9. The Morgan fingerprint density at radius 1 is 0.293 bits per heavy atom. The summed E-state index contributed by atoms with van der Waals surface area (Å²) < 4.78 is 9.01. The maximum absolute atomic E-state index is 6.61. The molecule has 0 bridgehead atoms. The summed E-state index contributed by atoms with van der Waals surface area (Å²) >= 11 is 0. The lowest BCUT2D eigenvalue weighted by atomic mass is 9.70. The second kappa shape index (κ2) is 16.0. The van der Waals surface area contributed by atoms with Gasteiger partial charge in [-0.3, -0.25) is 0 Å². The zero-order valence-corrected chi connectivity index (χ0v) is 40.4. The Labute approximate surface area is 432 Å². The third-order valence-electron chi connectivity index (χ3n) is 15.9. The van der Waals surface area contributed by atoms with Gasteiger partial charge in [0.1, 0.15) is 11.2 Å². The van der Waals surface area contributed by atoms with Crippen LogP contribution < -0.4 is 0 Å². The molecule has 2 aliphatic rings. The molecule has 0 fully saturated rings. The van der Waals surface area contributed by atoms with E-state index in [-0.39, 0.29) is 0 Å². The average Bonchev–Trinajstić information content (AvgIpc) is 4.38. The fourth-order valence-electron chi connectivity index (χ4n) is 12.6. The number of furan rings is 1. The lowest BCUT2D eigenvalue weighted by molar-refractivity contribution is 0.669. The molecule has 348 valence electrons. The molecule has 16 rings (SSSR count). The Kier molecular flexibility index (Phi) is 8.89. The van der Waals surface area contributed by atoms with Gasteiger partial charge in [-0.25, -0.2) is 15.0 Å². The zero-order valence-electron chi connectivity index (χ0n) is 40.4. The molecule has 5 nitrogen and oxygen atoms in total. The van der Waals surface area contributed by atoms with E-state index in [9.17, 15) is 0 Å². The van der Waals surface area contributed by atoms with Gasteiger partial charge < -0.3 is 8.98 Å². The zero-order chi connectivity index (χ0) is 49.2. The molecule has 0 unspecified atom stereocenters. The molecule has 1 spiro atoms. The molecular formula is C70H42N4O. The Morgan fingerprint density at radius 3 is 1.31 bits per heavy atom. The van der Waals surface area contributed by atoms with Crippen LogP contribution in [0.3, 0.4) is 0 Å². The second-order valence-electron chi connectivity index (χ2n) is 19.8. The molecule has 75 heavy (non-hydrogen) atoms. The van der Waals surface area contributed by atoms with Crippen LogP contribution in [0.5, 0.6) is 0 Å². The molecular weight excluding hydrogens is 913 g/mol.